The number of aromatic amines is 2. The molecule has 0 saturated heterocycles. The highest BCUT2D eigenvalue weighted by Gasteiger charge is 2.22. The third-order valence-electron chi connectivity index (χ3n) is 5.14. The van der Waals surface area contributed by atoms with E-state index in [-0.39, 0.29) is 17.6 Å². The summed E-state index contributed by atoms with van der Waals surface area (Å²) >= 11 is 1.67. The molecule has 1 amide bonds. The Morgan fingerprint density at radius 1 is 1.07 bits per heavy atom. The number of hydrogen-bond acceptors (Lipinski definition) is 4. The highest BCUT2D eigenvalue weighted by molar-refractivity contribution is 7.10. The molecule has 7 heteroatoms. The molecule has 0 aliphatic rings. The number of carbonyl (C=O) groups excluding carboxylic acids is 1. The van der Waals surface area contributed by atoms with Crippen molar-refractivity contribution in [2.75, 3.05) is 5.32 Å². The number of nitrogens with one attached hydrogen (secondary N) is 4. The summed E-state index contributed by atoms with van der Waals surface area (Å²) in [5.41, 5.74) is 4.14. The van der Waals surface area contributed by atoms with E-state index in [1.807, 2.05) is 18.4 Å². The fourth-order valence-electron chi connectivity index (χ4n) is 3.43. The number of carbonyl (C=O) groups is 1. The molecule has 4 N–H and O–H groups in total. The number of anilines is 1. The summed E-state index contributed by atoms with van der Waals surface area (Å²) < 4.78 is 0. The molecule has 30 heavy (non-hydrogen) atoms. The maximum absolute atomic E-state index is 12.8. The summed E-state index contributed by atoms with van der Waals surface area (Å²) in [6.45, 7) is 3.99. The normalized spacial score (nSPS) is 13.3. The van der Waals surface area contributed by atoms with Gasteiger partial charge in [0, 0.05) is 10.6 Å². The number of amides is 1. The van der Waals surface area contributed by atoms with Crippen molar-refractivity contribution in [1.82, 2.24) is 15.3 Å². The maximum atomic E-state index is 12.8. The second-order valence-electron chi connectivity index (χ2n) is 7.26. The van der Waals surface area contributed by atoms with E-state index in [1.165, 1.54) is 5.56 Å². The van der Waals surface area contributed by atoms with Gasteiger partial charge in [0.15, 0.2) is 0 Å². The fourth-order valence-corrected chi connectivity index (χ4v) is 4.24. The van der Waals surface area contributed by atoms with Crippen molar-refractivity contribution < 1.29 is 4.79 Å². The summed E-state index contributed by atoms with van der Waals surface area (Å²) in [6, 6.07) is 17.4. The number of aryl methyl sites for hydroxylation is 1. The number of thiophene rings is 1. The average Bonchev–Trinajstić information content (AvgIpc) is 3.40. The topological polar surface area (TPSA) is 89.8 Å². The third kappa shape index (κ3) is 4.37. The molecular weight excluding hydrogens is 396 g/mol. The lowest BCUT2D eigenvalue weighted by atomic mass is 10.0. The molecule has 2 unspecified atom stereocenters. The Morgan fingerprint density at radius 2 is 1.83 bits per heavy atom. The van der Waals surface area contributed by atoms with Crippen molar-refractivity contribution in [2.45, 2.75) is 32.4 Å². The zero-order valence-electron chi connectivity index (χ0n) is 16.9. The van der Waals surface area contributed by atoms with E-state index < -0.39 is 6.04 Å². The Hall–Kier alpha value is -3.16. The second kappa shape index (κ2) is 8.69. The molecule has 0 radical (unpaired) electrons. The number of benzene rings is 2. The SMILES string of the molecule is CCc1ccc(C(NC(C)C(=O)Nc2ccc3[nH]c(=O)[nH]c3c2)c2cccs2)cc1. The molecular formula is C23H24N4O2S. The largest absolute Gasteiger partial charge is 0.325 e. The Balaban J connectivity index is 1.51. The number of aromatic nitrogens is 2. The number of H-pyrrole nitrogens is 2. The van der Waals surface area contributed by atoms with Crippen LogP contribution in [0, 0.1) is 0 Å². The summed E-state index contributed by atoms with van der Waals surface area (Å²) in [7, 11) is 0. The Morgan fingerprint density at radius 3 is 2.53 bits per heavy atom. The van der Waals surface area contributed by atoms with E-state index in [2.05, 4.69) is 57.9 Å². The second-order valence-corrected chi connectivity index (χ2v) is 8.24. The van der Waals surface area contributed by atoms with Crippen molar-refractivity contribution >= 4 is 34.0 Å². The van der Waals surface area contributed by atoms with E-state index in [9.17, 15) is 9.59 Å². The summed E-state index contributed by atoms with van der Waals surface area (Å²) in [6.07, 6.45) is 0.993. The lowest BCUT2D eigenvalue weighted by molar-refractivity contribution is -0.117. The summed E-state index contributed by atoms with van der Waals surface area (Å²) in [4.78, 5) is 30.8. The molecule has 0 aliphatic carbocycles. The van der Waals surface area contributed by atoms with E-state index in [0.717, 1.165) is 16.9 Å². The van der Waals surface area contributed by atoms with Crippen LogP contribution in [0.25, 0.3) is 11.0 Å². The van der Waals surface area contributed by atoms with Gasteiger partial charge in [-0.1, -0.05) is 37.3 Å². The van der Waals surface area contributed by atoms with Crippen molar-refractivity contribution in [1.29, 1.82) is 0 Å². The Kier molecular flexibility index (Phi) is 5.83. The minimum absolute atomic E-state index is 0.0693. The van der Waals surface area contributed by atoms with Crippen LogP contribution >= 0.6 is 11.3 Å². The molecule has 0 bridgehead atoms. The van der Waals surface area contributed by atoms with Crippen LogP contribution in [0.5, 0.6) is 0 Å². The van der Waals surface area contributed by atoms with Gasteiger partial charge in [0.05, 0.1) is 23.1 Å². The van der Waals surface area contributed by atoms with Crippen molar-refractivity contribution in [3.05, 3.63) is 86.5 Å². The number of rotatable bonds is 7. The molecule has 6 nitrogen and oxygen atoms in total. The van der Waals surface area contributed by atoms with Crippen LogP contribution in [-0.2, 0) is 11.2 Å². The monoisotopic (exact) mass is 420 g/mol. The number of imidazole rings is 1. The highest BCUT2D eigenvalue weighted by atomic mass is 32.1. The summed E-state index contributed by atoms with van der Waals surface area (Å²) in [5, 5.41) is 8.44. The van der Waals surface area contributed by atoms with Crippen LogP contribution in [0.2, 0.25) is 0 Å². The van der Waals surface area contributed by atoms with Crippen LogP contribution in [0.1, 0.15) is 35.9 Å². The molecule has 4 aromatic rings. The number of hydrogen-bond donors (Lipinski definition) is 4. The van der Waals surface area contributed by atoms with E-state index in [0.29, 0.717) is 16.7 Å². The number of fused-ring (bicyclic) bond motifs is 1. The molecule has 0 fully saturated rings. The Labute approximate surface area is 178 Å². The van der Waals surface area contributed by atoms with Gasteiger partial charge < -0.3 is 15.3 Å². The minimum atomic E-state index is -0.427. The van der Waals surface area contributed by atoms with Gasteiger partial charge in [0.25, 0.3) is 0 Å². The molecule has 0 spiro atoms. The smallest absolute Gasteiger partial charge is 0.323 e. The molecule has 4 rings (SSSR count). The molecule has 2 aromatic heterocycles. The molecule has 0 saturated carbocycles. The van der Waals surface area contributed by atoms with E-state index in [4.69, 9.17) is 0 Å². The van der Waals surface area contributed by atoms with Gasteiger partial charge in [-0.3, -0.25) is 10.1 Å². The molecule has 2 aromatic carbocycles. The predicted molar refractivity (Wildman–Crippen MR) is 122 cm³/mol. The first-order chi connectivity index (χ1) is 14.5. The quantitative estimate of drug-likeness (QED) is 0.361. The average molecular weight is 421 g/mol. The van der Waals surface area contributed by atoms with Gasteiger partial charge in [-0.25, -0.2) is 4.79 Å². The lowest BCUT2D eigenvalue weighted by Crippen LogP contribution is -2.40. The Bertz CT molecular complexity index is 1190. The molecule has 154 valence electrons. The first-order valence-electron chi connectivity index (χ1n) is 9.94. The van der Waals surface area contributed by atoms with Gasteiger partial charge in [0.2, 0.25) is 5.91 Å². The fraction of sp³-hybridized carbons (Fsp3) is 0.217. The first kappa shape index (κ1) is 20.1. The minimum Gasteiger partial charge on any atom is -0.325 e. The highest BCUT2D eigenvalue weighted by Crippen LogP contribution is 2.27. The maximum Gasteiger partial charge on any atom is 0.323 e. The van der Waals surface area contributed by atoms with Gasteiger partial charge in [-0.15, -0.1) is 11.3 Å². The van der Waals surface area contributed by atoms with Crippen LogP contribution in [0.3, 0.4) is 0 Å². The van der Waals surface area contributed by atoms with Crippen molar-refractivity contribution in [3.8, 4) is 0 Å². The zero-order chi connectivity index (χ0) is 21.1. The molecule has 2 heterocycles. The zero-order valence-corrected chi connectivity index (χ0v) is 17.7. The van der Waals surface area contributed by atoms with E-state index in [1.54, 1.807) is 29.5 Å². The lowest BCUT2D eigenvalue weighted by Gasteiger charge is -2.23. The molecule has 2 atom stereocenters. The van der Waals surface area contributed by atoms with Crippen LogP contribution in [-0.4, -0.2) is 21.9 Å². The third-order valence-corrected chi connectivity index (χ3v) is 6.08. The van der Waals surface area contributed by atoms with E-state index >= 15 is 0 Å². The van der Waals surface area contributed by atoms with Crippen molar-refractivity contribution in [3.63, 3.8) is 0 Å². The van der Waals surface area contributed by atoms with Crippen molar-refractivity contribution in [2.24, 2.45) is 0 Å². The first-order valence-corrected chi connectivity index (χ1v) is 10.8. The summed E-state index contributed by atoms with van der Waals surface area (Å²) in [5.74, 6) is -0.140. The predicted octanol–water partition coefficient (Wildman–Crippen LogP) is 4.19. The van der Waals surface area contributed by atoms with Crippen LogP contribution < -0.4 is 16.3 Å². The van der Waals surface area contributed by atoms with Crippen LogP contribution in [0.15, 0.2) is 64.8 Å². The van der Waals surface area contributed by atoms with Crippen LogP contribution in [0.4, 0.5) is 5.69 Å². The molecule has 0 aliphatic heterocycles. The van der Waals surface area contributed by atoms with Gasteiger partial charge in [0.1, 0.15) is 0 Å². The standard InChI is InChI=1S/C23H24N4O2S/c1-3-15-6-8-16(9-7-15)21(20-5-4-12-30-20)24-14(2)22(28)25-17-10-11-18-19(13-17)27-23(29)26-18/h4-14,21,24H,3H2,1-2H3,(H,25,28)(H2,26,27,29). The van der Waals surface area contributed by atoms with Gasteiger partial charge in [-0.05, 0) is 54.1 Å². The van der Waals surface area contributed by atoms with Gasteiger partial charge in [-0.2, -0.15) is 0 Å². The van der Waals surface area contributed by atoms with Gasteiger partial charge >= 0.3 is 5.69 Å².